The van der Waals surface area contributed by atoms with E-state index < -0.39 is 61.2 Å². The van der Waals surface area contributed by atoms with Crippen molar-refractivity contribution >= 4 is 24.6 Å². The summed E-state index contributed by atoms with van der Waals surface area (Å²) < 4.78 is 43.9. The largest absolute Gasteiger partial charge is 0.508 e. The number of carbonyl (C=O) groups is 4. The van der Waals surface area contributed by atoms with E-state index >= 15 is 0 Å². The lowest BCUT2D eigenvalue weighted by Crippen LogP contribution is -2.29. The summed E-state index contributed by atoms with van der Waals surface area (Å²) in [4.78, 5) is 46.1. The van der Waals surface area contributed by atoms with Gasteiger partial charge in [0.05, 0.1) is 24.9 Å². The average Bonchev–Trinajstić information content (AvgIpc) is 2.81. The van der Waals surface area contributed by atoms with Crippen LogP contribution in [-0.2, 0) is 42.6 Å². The monoisotopic (exact) mass is 542 g/mol. The number of ether oxygens (including phenoxy) is 9. The third-order valence-electron chi connectivity index (χ3n) is 3.70. The molecule has 0 aromatic heterocycles. The molecule has 0 rings (SSSR count). The van der Waals surface area contributed by atoms with Crippen molar-refractivity contribution in [1.82, 2.24) is 0 Å². The Morgan fingerprint density at radius 1 is 0.459 bits per heavy atom. The molecular formula is C22H38O15. The highest BCUT2D eigenvalue weighted by atomic mass is 16.8. The van der Waals surface area contributed by atoms with Crippen molar-refractivity contribution in [3.05, 3.63) is 0 Å². The molecule has 15 heteroatoms. The summed E-state index contributed by atoms with van der Waals surface area (Å²) in [5.41, 5.74) is 0. The maximum absolute atomic E-state index is 11.7. The number of carbonyl (C=O) groups excluding carboxylic acids is 4. The molecule has 0 aliphatic rings. The van der Waals surface area contributed by atoms with E-state index in [-0.39, 0.29) is 39.6 Å². The molecule has 0 spiro atoms. The summed E-state index contributed by atoms with van der Waals surface area (Å²) in [5.74, 6) is 0. The first-order valence-corrected chi connectivity index (χ1v) is 11.6. The van der Waals surface area contributed by atoms with Gasteiger partial charge in [-0.15, -0.1) is 0 Å². The second kappa shape index (κ2) is 19.1. The van der Waals surface area contributed by atoms with E-state index in [1.54, 1.807) is 13.8 Å². The second-order valence-corrected chi connectivity index (χ2v) is 8.18. The minimum Gasteiger partial charge on any atom is -0.432 e. The Labute approximate surface area is 215 Å². The highest BCUT2D eigenvalue weighted by Gasteiger charge is 2.18. The van der Waals surface area contributed by atoms with Gasteiger partial charge in [0.25, 0.3) is 0 Å². The third kappa shape index (κ3) is 20.8. The lowest BCUT2D eigenvalue weighted by molar-refractivity contribution is -0.0595. The molecule has 0 aliphatic carbocycles. The van der Waals surface area contributed by atoms with Gasteiger partial charge in [-0.2, -0.15) is 0 Å². The van der Waals surface area contributed by atoms with E-state index in [4.69, 9.17) is 43.4 Å². The molecule has 6 unspecified atom stereocenters. The van der Waals surface area contributed by atoms with E-state index in [1.165, 1.54) is 27.7 Å². The minimum absolute atomic E-state index is 0.0359. The van der Waals surface area contributed by atoms with Gasteiger partial charge in [0.1, 0.15) is 51.3 Å². The molecule has 0 saturated heterocycles. The maximum atomic E-state index is 11.7. The van der Waals surface area contributed by atoms with Crippen LogP contribution in [-0.4, -0.2) is 111 Å². The molecule has 0 aromatic carbocycles. The molecular weight excluding hydrogens is 504 g/mol. The summed E-state index contributed by atoms with van der Waals surface area (Å²) in [6.07, 6.45) is -8.61. The van der Waals surface area contributed by atoms with Crippen LogP contribution in [0.4, 0.5) is 19.2 Å². The van der Waals surface area contributed by atoms with Gasteiger partial charge in [-0.3, -0.25) is 0 Å². The van der Waals surface area contributed by atoms with Crippen molar-refractivity contribution in [3.63, 3.8) is 0 Å². The molecule has 216 valence electrons. The average molecular weight is 543 g/mol. The van der Waals surface area contributed by atoms with E-state index in [1.807, 2.05) is 0 Å². The fraction of sp³-hybridized carbons (Fsp3) is 0.818. The van der Waals surface area contributed by atoms with Gasteiger partial charge in [0.15, 0.2) is 0 Å². The van der Waals surface area contributed by atoms with E-state index in [2.05, 4.69) is 9.47 Å². The Morgan fingerprint density at radius 3 is 1.14 bits per heavy atom. The highest BCUT2D eigenvalue weighted by molar-refractivity contribution is 5.61. The summed E-state index contributed by atoms with van der Waals surface area (Å²) in [5, 5.41) is 18.1. The van der Waals surface area contributed by atoms with Crippen LogP contribution < -0.4 is 0 Å². The maximum Gasteiger partial charge on any atom is 0.508 e. The normalized spacial score (nSPS) is 15.6. The number of hydrogen-bond acceptors (Lipinski definition) is 15. The molecule has 0 fully saturated rings. The lowest BCUT2D eigenvalue weighted by atomic mass is 10.4. The minimum atomic E-state index is -1.01. The number of aliphatic hydroxyl groups is 2. The van der Waals surface area contributed by atoms with E-state index in [0.717, 1.165) is 0 Å². The van der Waals surface area contributed by atoms with Gasteiger partial charge >= 0.3 is 24.6 Å². The summed E-state index contributed by atoms with van der Waals surface area (Å²) >= 11 is 0. The van der Waals surface area contributed by atoms with Gasteiger partial charge in [0, 0.05) is 0 Å². The predicted octanol–water partition coefficient (Wildman–Crippen LogP) is 1.93. The van der Waals surface area contributed by atoms with Gasteiger partial charge < -0.3 is 52.8 Å². The van der Waals surface area contributed by atoms with Crippen LogP contribution in [0.1, 0.15) is 41.5 Å². The molecule has 2 N–H and O–H groups in total. The van der Waals surface area contributed by atoms with Crippen molar-refractivity contribution in [3.8, 4) is 0 Å². The molecule has 0 aromatic rings. The Morgan fingerprint density at radius 2 is 0.757 bits per heavy atom. The number of rotatable bonds is 16. The van der Waals surface area contributed by atoms with E-state index in [0.29, 0.717) is 0 Å². The van der Waals surface area contributed by atoms with Crippen LogP contribution in [0.25, 0.3) is 0 Å². The molecule has 6 atom stereocenters. The van der Waals surface area contributed by atoms with Crippen LogP contribution >= 0.6 is 0 Å². The quantitative estimate of drug-likeness (QED) is 0.212. The van der Waals surface area contributed by atoms with Gasteiger partial charge in [-0.1, -0.05) is 0 Å². The van der Waals surface area contributed by atoms with E-state index in [9.17, 15) is 19.2 Å². The zero-order valence-corrected chi connectivity index (χ0v) is 21.9. The Balaban J connectivity index is 3.98. The molecule has 0 radical (unpaired) electrons. The molecule has 15 nitrogen and oxygen atoms in total. The molecule has 0 aliphatic heterocycles. The smallest absolute Gasteiger partial charge is 0.432 e. The highest BCUT2D eigenvalue weighted by Crippen LogP contribution is 2.03. The fourth-order valence-electron chi connectivity index (χ4n) is 2.02. The van der Waals surface area contributed by atoms with Crippen molar-refractivity contribution in [2.24, 2.45) is 0 Å². The third-order valence-corrected chi connectivity index (χ3v) is 3.70. The first kappa shape index (κ1) is 34.0. The number of aliphatic hydroxyl groups excluding tert-OH is 2. The SMILES string of the molecule is CC(O)COC(=O)OC(C)COC(=O)OCC(C)OCC(C)OC(=O)OCC(C)OC(=O)OCC(C)O. The molecule has 0 amide bonds. The lowest BCUT2D eigenvalue weighted by Gasteiger charge is -2.18. The molecule has 0 saturated carbocycles. The second-order valence-electron chi connectivity index (χ2n) is 8.18. The Bertz CT molecular complexity index is 681. The predicted molar refractivity (Wildman–Crippen MR) is 122 cm³/mol. The van der Waals surface area contributed by atoms with Crippen molar-refractivity contribution in [2.45, 2.75) is 78.2 Å². The fourth-order valence-corrected chi connectivity index (χ4v) is 2.02. The molecule has 0 heterocycles. The summed E-state index contributed by atoms with van der Waals surface area (Å²) in [7, 11) is 0. The van der Waals surface area contributed by atoms with Crippen molar-refractivity contribution in [2.75, 3.05) is 39.6 Å². The van der Waals surface area contributed by atoms with Gasteiger partial charge in [-0.05, 0) is 41.5 Å². The zero-order chi connectivity index (χ0) is 28.4. The van der Waals surface area contributed by atoms with Crippen LogP contribution in [0.3, 0.4) is 0 Å². The van der Waals surface area contributed by atoms with Gasteiger partial charge in [0.2, 0.25) is 0 Å². The van der Waals surface area contributed by atoms with Crippen LogP contribution in [0.15, 0.2) is 0 Å². The van der Waals surface area contributed by atoms with Crippen LogP contribution in [0.5, 0.6) is 0 Å². The summed E-state index contributed by atoms with van der Waals surface area (Å²) in [6.45, 7) is 7.75. The molecule has 0 bridgehead atoms. The van der Waals surface area contributed by atoms with Crippen molar-refractivity contribution < 1.29 is 72.0 Å². The number of hydrogen-bond donors (Lipinski definition) is 2. The Hall–Kier alpha value is -3.04. The van der Waals surface area contributed by atoms with Crippen LogP contribution in [0, 0.1) is 0 Å². The standard InChI is InChI=1S/C22H38O15/c1-13(23)7-30-20(26)36-17(5)11-33-19(25)32-9-15(3)29-10-16(4)35-22(28)34-12-18(6)37-21(27)31-8-14(2)24/h13-18,23-24H,7-12H2,1-6H3. The summed E-state index contributed by atoms with van der Waals surface area (Å²) in [6, 6.07) is 0. The van der Waals surface area contributed by atoms with Crippen LogP contribution in [0.2, 0.25) is 0 Å². The topological polar surface area (TPSA) is 192 Å². The first-order valence-electron chi connectivity index (χ1n) is 11.6. The van der Waals surface area contributed by atoms with Crippen molar-refractivity contribution in [1.29, 1.82) is 0 Å². The zero-order valence-electron chi connectivity index (χ0n) is 21.9. The Kier molecular flexibility index (Phi) is 17.6. The molecule has 37 heavy (non-hydrogen) atoms. The van der Waals surface area contributed by atoms with Gasteiger partial charge in [-0.25, -0.2) is 19.2 Å². The first-order chi connectivity index (χ1) is 17.3.